The topological polar surface area (TPSA) is 69.6 Å². The molecular formula is C16H25N5. The first-order valence-corrected chi connectivity index (χ1v) is 7.52. The Hall–Kier alpha value is -1.91. The Kier molecular flexibility index (Phi) is 4.60. The van der Waals surface area contributed by atoms with Gasteiger partial charge in [-0.3, -0.25) is 0 Å². The van der Waals surface area contributed by atoms with Gasteiger partial charge in [-0.15, -0.1) is 5.10 Å². The highest BCUT2D eigenvalue weighted by atomic mass is 15.5. The third-order valence-corrected chi connectivity index (χ3v) is 4.13. The van der Waals surface area contributed by atoms with Gasteiger partial charge in [0.15, 0.2) is 5.82 Å². The maximum absolute atomic E-state index is 5.90. The Morgan fingerprint density at radius 1 is 1.14 bits per heavy atom. The molecule has 0 radical (unpaired) electrons. The van der Waals surface area contributed by atoms with Crippen LogP contribution in [-0.2, 0) is 6.54 Å². The second-order valence-electron chi connectivity index (χ2n) is 6.41. The Labute approximate surface area is 126 Å². The smallest absolute Gasteiger partial charge is 0.182 e. The Morgan fingerprint density at radius 3 is 2.43 bits per heavy atom. The van der Waals surface area contributed by atoms with E-state index >= 15 is 0 Å². The van der Waals surface area contributed by atoms with E-state index in [4.69, 9.17) is 5.73 Å². The molecule has 0 amide bonds. The predicted molar refractivity (Wildman–Crippen MR) is 85.6 cm³/mol. The summed E-state index contributed by atoms with van der Waals surface area (Å²) in [5.41, 5.74) is 8.77. The quantitative estimate of drug-likeness (QED) is 0.858. The van der Waals surface area contributed by atoms with Crippen LogP contribution in [0.5, 0.6) is 0 Å². The van der Waals surface area contributed by atoms with Gasteiger partial charge in [0.05, 0.1) is 0 Å². The van der Waals surface area contributed by atoms with E-state index in [0.29, 0.717) is 17.8 Å². The van der Waals surface area contributed by atoms with Crippen LogP contribution in [0, 0.1) is 24.7 Å². The molecule has 1 aromatic carbocycles. The van der Waals surface area contributed by atoms with Crippen LogP contribution in [0.15, 0.2) is 18.2 Å². The highest BCUT2D eigenvalue weighted by Gasteiger charge is 2.21. The average molecular weight is 287 g/mol. The number of nitrogens with two attached hydrogens (primary N) is 1. The van der Waals surface area contributed by atoms with Gasteiger partial charge in [0, 0.05) is 17.8 Å². The van der Waals surface area contributed by atoms with Crippen molar-refractivity contribution in [1.29, 1.82) is 0 Å². The lowest BCUT2D eigenvalue weighted by atomic mass is 9.85. The second kappa shape index (κ2) is 6.24. The Balaban J connectivity index is 2.36. The summed E-state index contributed by atoms with van der Waals surface area (Å²) < 4.78 is 1.91. The lowest BCUT2D eigenvalue weighted by Crippen LogP contribution is -2.23. The van der Waals surface area contributed by atoms with Crippen LogP contribution in [0.25, 0.3) is 11.4 Å². The molecule has 2 rings (SSSR count). The zero-order valence-corrected chi connectivity index (χ0v) is 13.5. The van der Waals surface area contributed by atoms with Crippen molar-refractivity contribution >= 4 is 5.69 Å². The summed E-state index contributed by atoms with van der Waals surface area (Å²) >= 11 is 0. The van der Waals surface area contributed by atoms with Gasteiger partial charge in [0.1, 0.15) is 0 Å². The fourth-order valence-electron chi connectivity index (χ4n) is 2.79. The molecule has 0 saturated heterocycles. The minimum atomic E-state index is 0.536. The fourth-order valence-corrected chi connectivity index (χ4v) is 2.79. The molecule has 21 heavy (non-hydrogen) atoms. The molecule has 5 nitrogen and oxygen atoms in total. The summed E-state index contributed by atoms with van der Waals surface area (Å²) in [6.45, 7) is 11.9. The van der Waals surface area contributed by atoms with Crippen molar-refractivity contribution in [3.05, 3.63) is 23.8 Å². The van der Waals surface area contributed by atoms with Gasteiger partial charge in [-0.1, -0.05) is 33.8 Å². The SMILES string of the molecule is Cc1ccc(N)cc1-c1nnnn1CC(C(C)C)C(C)C. The van der Waals surface area contributed by atoms with Crippen molar-refractivity contribution in [3.8, 4) is 11.4 Å². The molecule has 1 aromatic heterocycles. The van der Waals surface area contributed by atoms with E-state index in [1.165, 1.54) is 0 Å². The van der Waals surface area contributed by atoms with E-state index in [-0.39, 0.29) is 0 Å². The van der Waals surface area contributed by atoms with Crippen LogP contribution in [0.1, 0.15) is 33.3 Å². The van der Waals surface area contributed by atoms with Gasteiger partial charge < -0.3 is 5.73 Å². The first-order chi connectivity index (χ1) is 9.90. The van der Waals surface area contributed by atoms with Crippen molar-refractivity contribution in [2.24, 2.45) is 17.8 Å². The van der Waals surface area contributed by atoms with Crippen molar-refractivity contribution in [1.82, 2.24) is 20.2 Å². The lowest BCUT2D eigenvalue weighted by Gasteiger charge is -2.24. The number of benzene rings is 1. The normalized spacial score (nSPS) is 11.8. The van der Waals surface area contributed by atoms with Crippen LogP contribution in [-0.4, -0.2) is 20.2 Å². The van der Waals surface area contributed by atoms with Crippen LogP contribution in [0.3, 0.4) is 0 Å². The summed E-state index contributed by atoms with van der Waals surface area (Å²) in [6.07, 6.45) is 0. The number of hydrogen-bond acceptors (Lipinski definition) is 4. The molecule has 0 spiro atoms. The molecule has 0 fully saturated rings. The number of anilines is 1. The first kappa shape index (κ1) is 15.5. The first-order valence-electron chi connectivity index (χ1n) is 7.52. The van der Waals surface area contributed by atoms with Crippen molar-refractivity contribution in [3.63, 3.8) is 0 Å². The van der Waals surface area contributed by atoms with E-state index in [1.54, 1.807) is 0 Å². The number of aromatic nitrogens is 4. The zero-order chi connectivity index (χ0) is 15.6. The molecule has 1 heterocycles. The van der Waals surface area contributed by atoms with E-state index in [1.807, 2.05) is 22.9 Å². The molecule has 0 bridgehead atoms. The van der Waals surface area contributed by atoms with Gasteiger partial charge in [0.25, 0.3) is 0 Å². The minimum absolute atomic E-state index is 0.536. The molecule has 2 N–H and O–H groups in total. The highest BCUT2D eigenvalue weighted by Crippen LogP contribution is 2.27. The van der Waals surface area contributed by atoms with E-state index in [9.17, 15) is 0 Å². The Morgan fingerprint density at radius 2 is 1.81 bits per heavy atom. The molecule has 0 saturated carbocycles. The second-order valence-corrected chi connectivity index (χ2v) is 6.41. The van der Waals surface area contributed by atoms with Crippen LogP contribution in [0.2, 0.25) is 0 Å². The van der Waals surface area contributed by atoms with E-state index in [2.05, 4.69) is 50.1 Å². The van der Waals surface area contributed by atoms with Crippen LogP contribution < -0.4 is 5.73 Å². The van der Waals surface area contributed by atoms with Crippen molar-refractivity contribution in [2.75, 3.05) is 5.73 Å². The molecule has 0 unspecified atom stereocenters. The summed E-state index contributed by atoms with van der Waals surface area (Å²) in [5.74, 6) is 2.51. The molecule has 0 atom stereocenters. The number of nitrogen functional groups attached to an aromatic ring is 1. The monoisotopic (exact) mass is 287 g/mol. The third kappa shape index (κ3) is 3.40. The minimum Gasteiger partial charge on any atom is -0.399 e. The van der Waals surface area contributed by atoms with Crippen LogP contribution >= 0.6 is 0 Å². The van der Waals surface area contributed by atoms with Crippen LogP contribution in [0.4, 0.5) is 5.69 Å². The van der Waals surface area contributed by atoms with E-state index < -0.39 is 0 Å². The summed E-state index contributed by atoms with van der Waals surface area (Å²) in [7, 11) is 0. The lowest BCUT2D eigenvalue weighted by molar-refractivity contribution is 0.242. The molecule has 5 heteroatoms. The number of nitrogens with zero attached hydrogens (tertiary/aromatic N) is 4. The van der Waals surface area contributed by atoms with Gasteiger partial charge in [-0.05, 0) is 52.8 Å². The van der Waals surface area contributed by atoms with Crippen molar-refractivity contribution < 1.29 is 0 Å². The molecule has 2 aromatic rings. The Bertz CT molecular complexity index is 592. The summed E-state index contributed by atoms with van der Waals surface area (Å²) in [6, 6.07) is 5.85. The van der Waals surface area contributed by atoms with Gasteiger partial charge in [-0.2, -0.15) is 0 Å². The number of tetrazole rings is 1. The number of aryl methyl sites for hydroxylation is 1. The summed E-state index contributed by atoms with van der Waals surface area (Å²) in [5, 5.41) is 12.3. The predicted octanol–water partition coefficient (Wildman–Crippen LogP) is 3.16. The molecule has 0 aliphatic carbocycles. The fraction of sp³-hybridized carbons (Fsp3) is 0.562. The molecule has 0 aliphatic heterocycles. The van der Waals surface area contributed by atoms with Gasteiger partial charge in [0.2, 0.25) is 0 Å². The molecule has 0 aliphatic rings. The maximum Gasteiger partial charge on any atom is 0.182 e. The summed E-state index contributed by atoms with van der Waals surface area (Å²) in [4.78, 5) is 0. The van der Waals surface area contributed by atoms with Gasteiger partial charge >= 0.3 is 0 Å². The third-order valence-electron chi connectivity index (χ3n) is 4.13. The van der Waals surface area contributed by atoms with Gasteiger partial charge in [-0.25, -0.2) is 4.68 Å². The highest BCUT2D eigenvalue weighted by molar-refractivity contribution is 5.65. The molecule has 114 valence electrons. The van der Waals surface area contributed by atoms with Crippen molar-refractivity contribution in [2.45, 2.75) is 41.2 Å². The van der Waals surface area contributed by atoms with E-state index in [0.717, 1.165) is 29.2 Å². The molecular weight excluding hydrogens is 262 g/mol. The standard InChI is InChI=1S/C16H25N5/c1-10(2)15(11(3)4)9-21-16(18-19-20-21)14-8-13(17)7-6-12(14)5/h6-8,10-11,15H,9,17H2,1-5H3. The average Bonchev–Trinajstić information content (AvgIpc) is 2.86. The largest absolute Gasteiger partial charge is 0.399 e. The maximum atomic E-state index is 5.90. The number of rotatable bonds is 5. The number of hydrogen-bond donors (Lipinski definition) is 1. The zero-order valence-electron chi connectivity index (χ0n) is 13.5.